The molecule has 0 bridgehead atoms. The number of aromatic nitrogens is 3. The van der Waals surface area contributed by atoms with Gasteiger partial charge < -0.3 is 4.90 Å². The van der Waals surface area contributed by atoms with Crippen molar-refractivity contribution in [3.63, 3.8) is 0 Å². The maximum atomic E-state index is 12.6. The third-order valence-electron chi connectivity index (χ3n) is 3.92. The van der Waals surface area contributed by atoms with Crippen LogP contribution in [0, 0.1) is 0 Å². The number of likely N-dealkylation sites (tertiary alicyclic amines) is 1. The van der Waals surface area contributed by atoms with E-state index in [0.717, 1.165) is 10.8 Å². The van der Waals surface area contributed by atoms with Crippen molar-refractivity contribution >= 4 is 16.7 Å². The van der Waals surface area contributed by atoms with Crippen LogP contribution in [0.1, 0.15) is 16.5 Å². The van der Waals surface area contributed by atoms with Gasteiger partial charge in [-0.3, -0.25) is 14.5 Å². The lowest BCUT2D eigenvalue weighted by Gasteiger charge is -2.39. The molecule has 1 saturated heterocycles. The number of pyridine rings is 1. The van der Waals surface area contributed by atoms with Gasteiger partial charge in [0.1, 0.15) is 5.69 Å². The number of hydrogen-bond donors (Lipinski definition) is 0. The van der Waals surface area contributed by atoms with Crippen LogP contribution < -0.4 is 0 Å². The first-order chi connectivity index (χ1) is 10.3. The van der Waals surface area contributed by atoms with E-state index in [0.29, 0.717) is 18.8 Å². The molecule has 2 aromatic heterocycles. The lowest BCUT2D eigenvalue weighted by atomic mass is 10.1. The van der Waals surface area contributed by atoms with E-state index in [2.05, 4.69) is 10.1 Å². The van der Waals surface area contributed by atoms with E-state index in [1.807, 2.05) is 52.2 Å². The smallest absolute Gasteiger partial charge is 0.273 e. The van der Waals surface area contributed by atoms with Crippen molar-refractivity contribution in [3.05, 3.63) is 60.7 Å². The molecular formula is C16H14N4O. The Balaban J connectivity index is 1.58. The Bertz CT molecular complexity index is 786. The average Bonchev–Trinajstić information content (AvgIpc) is 2.99. The average molecular weight is 278 g/mol. The van der Waals surface area contributed by atoms with Crippen molar-refractivity contribution in [1.29, 1.82) is 0 Å². The van der Waals surface area contributed by atoms with Gasteiger partial charge in [0.2, 0.25) is 0 Å². The van der Waals surface area contributed by atoms with Crippen molar-refractivity contribution < 1.29 is 4.79 Å². The van der Waals surface area contributed by atoms with E-state index in [1.165, 1.54) is 0 Å². The number of nitrogens with zero attached hydrogens (tertiary/aromatic N) is 4. The summed E-state index contributed by atoms with van der Waals surface area (Å²) in [6, 6.07) is 11.9. The molecule has 1 amide bonds. The maximum Gasteiger partial charge on any atom is 0.273 e. The van der Waals surface area contributed by atoms with Crippen LogP contribution >= 0.6 is 0 Å². The molecule has 3 heterocycles. The summed E-state index contributed by atoms with van der Waals surface area (Å²) in [6.07, 6.45) is 5.39. The SMILES string of the molecule is O=C(c1nccc2ccccc12)N1CC(n2cccn2)C1. The summed E-state index contributed by atoms with van der Waals surface area (Å²) in [5.74, 6) is -0.00444. The second-order valence-corrected chi connectivity index (χ2v) is 5.23. The molecule has 0 N–H and O–H groups in total. The molecule has 0 aliphatic carbocycles. The number of hydrogen-bond acceptors (Lipinski definition) is 3. The zero-order valence-corrected chi connectivity index (χ0v) is 11.4. The van der Waals surface area contributed by atoms with Crippen molar-refractivity contribution in [2.24, 2.45) is 0 Å². The highest BCUT2D eigenvalue weighted by atomic mass is 16.2. The summed E-state index contributed by atoms with van der Waals surface area (Å²) in [6.45, 7) is 1.37. The third kappa shape index (κ3) is 1.98. The summed E-state index contributed by atoms with van der Waals surface area (Å²) >= 11 is 0. The van der Waals surface area contributed by atoms with Crippen LogP contribution in [0.5, 0.6) is 0 Å². The van der Waals surface area contributed by atoms with E-state index >= 15 is 0 Å². The van der Waals surface area contributed by atoms with Gasteiger partial charge in [-0.1, -0.05) is 24.3 Å². The molecule has 1 aliphatic rings. The minimum absolute atomic E-state index is 0.00444. The molecule has 3 aromatic rings. The van der Waals surface area contributed by atoms with Crippen LogP contribution in [0.4, 0.5) is 0 Å². The normalized spacial score (nSPS) is 15.1. The molecule has 1 fully saturated rings. The molecule has 0 saturated carbocycles. The van der Waals surface area contributed by atoms with Gasteiger partial charge >= 0.3 is 0 Å². The zero-order chi connectivity index (χ0) is 14.2. The largest absolute Gasteiger partial charge is 0.333 e. The quantitative estimate of drug-likeness (QED) is 0.721. The van der Waals surface area contributed by atoms with Gasteiger partial charge in [0, 0.05) is 37.1 Å². The Labute approximate surface area is 121 Å². The fourth-order valence-corrected chi connectivity index (χ4v) is 2.72. The molecule has 1 aromatic carbocycles. The molecule has 5 nitrogen and oxygen atoms in total. The fourth-order valence-electron chi connectivity index (χ4n) is 2.72. The van der Waals surface area contributed by atoms with E-state index in [9.17, 15) is 4.79 Å². The lowest BCUT2D eigenvalue weighted by molar-refractivity contribution is 0.0498. The predicted octanol–water partition coefficient (Wildman–Crippen LogP) is 2.13. The lowest BCUT2D eigenvalue weighted by Crippen LogP contribution is -2.51. The molecule has 4 rings (SSSR count). The van der Waals surface area contributed by atoms with Gasteiger partial charge in [-0.2, -0.15) is 5.10 Å². The molecule has 104 valence electrons. The van der Waals surface area contributed by atoms with Crippen molar-refractivity contribution in [3.8, 4) is 0 Å². The number of fused-ring (bicyclic) bond motifs is 1. The zero-order valence-electron chi connectivity index (χ0n) is 11.4. The van der Waals surface area contributed by atoms with Gasteiger partial charge in [0.05, 0.1) is 6.04 Å². The van der Waals surface area contributed by atoms with Gasteiger partial charge in [-0.25, -0.2) is 0 Å². The van der Waals surface area contributed by atoms with Crippen LogP contribution in [0.2, 0.25) is 0 Å². The summed E-state index contributed by atoms with van der Waals surface area (Å²) in [5.41, 5.74) is 0.534. The number of rotatable bonds is 2. The van der Waals surface area contributed by atoms with Crippen molar-refractivity contribution in [2.75, 3.05) is 13.1 Å². The predicted molar refractivity (Wildman–Crippen MR) is 78.9 cm³/mol. The summed E-state index contributed by atoms with van der Waals surface area (Å²) in [7, 11) is 0. The molecule has 0 atom stereocenters. The Hall–Kier alpha value is -2.69. The van der Waals surface area contributed by atoms with Crippen LogP contribution in [-0.2, 0) is 0 Å². The van der Waals surface area contributed by atoms with Gasteiger partial charge in [0.25, 0.3) is 5.91 Å². The van der Waals surface area contributed by atoms with E-state index in [1.54, 1.807) is 12.4 Å². The molecule has 0 spiro atoms. The highest BCUT2D eigenvalue weighted by Gasteiger charge is 2.33. The summed E-state index contributed by atoms with van der Waals surface area (Å²) in [5, 5.41) is 6.17. The first-order valence-corrected chi connectivity index (χ1v) is 6.95. The first-order valence-electron chi connectivity index (χ1n) is 6.95. The Morgan fingerprint density at radius 2 is 1.95 bits per heavy atom. The minimum atomic E-state index is -0.00444. The fraction of sp³-hybridized carbons (Fsp3) is 0.188. The monoisotopic (exact) mass is 278 g/mol. The molecule has 5 heteroatoms. The Morgan fingerprint density at radius 3 is 2.76 bits per heavy atom. The van der Waals surface area contributed by atoms with Crippen LogP contribution in [0.25, 0.3) is 10.8 Å². The highest BCUT2D eigenvalue weighted by molar-refractivity contribution is 6.05. The molecule has 1 aliphatic heterocycles. The number of carbonyl (C=O) groups excluding carboxylic acids is 1. The summed E-state index contributed by atoms with van der Waals surface area (Å²) < 4.78 is 1.90. The van der Waals surface area contributed by atoms with E-state index in [-0.39, 0.29) is 11.9 Å². The van der Waals surface area contributed by atoms with Crippen LogP contribution in [0.15, 0.2) is 55.0 Å². The molecule has 0 radical (unpaired) electrons. The Kier molecular flexibility index (Phi) is 2.70. The van der Waals surface area contributed by atoms with E-state index < -0.39 is 0 Å². The van der Waals surface area contributed by atoms with Gasteiger partial charge in [-0.15, -0.1) is 0 Å². The van der Waals surface area contributed by atoms with Crippen molar-refractivity contribution in [1.82, 2.24) is 19.7 Å². The third-order valence-corrected chi connectivity index (χ3v) is 3.92. The van der Waals surface area contributed by atoms with Crippen LogP contribution in [-0.4, -0.2) is 38.7 Å². The first kappa shape index (κ1) is 12.1. The van der Waals surface area contributed by atoms with Crippen LogP contribution in [0.3, 0.4) is 0 Å². The van der Waals surface area contributed by atoms with E-state index in [4.69, 9.17) is 0 Å². The molecular weight excluding hydrogens is 264 g/mol. The maximum absolute atomic E-state index is 12.6. The number of amides is 1. The topological polar surface area (TPSA) is 51.0 Å². The van der Waals surface area contributed by atoms with Gasteiger partial charge in [-0.05, 0) is 17.5 Å². The number of carbonyl (C=O) groups is 1. The molecule has 21 heavy (non-hydrogen) atoms. The Morgan fingerprint density at radius 1 is 1.10 bits per heavy atom. The van der Waals surface area contributed by atoms with Gasteiger partial charge in [0.15, 0.2) is 0 Å². The molecule has 0 unspecified atom stereocenters. The minimum Gasteiger partial charge on any atom is -0.333 e. The second kappa shape index (κ2) is 4.70. The number of benzene rings is 1. The van der Waals surface area contributed by atoms with Crippen molar-refractivity contribution in [2.45, 2.75) is 6.04 Å². The highest BCUT2D eigenvalue weighted by Crippen LogP contribution is 2.24. The standard InChI is InChI=1S/C16H14N4O/c21-16(19-10-13(11-19)20-9-3-7-18-20)15-14-5-2-1-4-12(14)6-8-17-15/h1-9,13H,10-11H2. The second-order valence-electron chi connectivity index (χ2n) is 5.23. The summed E-state index contributed by atoms with van der Waals surface area (Å²) in [4.78, 5) is 18.7.